The molecule has 0 aliphatic carbocycles. The Labute approximate surface area is 124 Å². The van der Waals surface area contributed by atoms with Gasteiger partial charge in [-0.25, -0.2) is 0 Å². The van der Waals surface area contributed by atoms with Gasteiger partial charge in [0.15, 0.2) is 0 Å². The smallest absolute Gasteiger partial charge is 0.302 e. The van der Waals surface area contributed by atoms with E-state index in [9.17, 15) is 4.79 Å². The molecule has 2 nitrogen and oxygen atoms in total. The van der Waals surface area contributed by atoms with Crippen molar-refractivity contribution in [2.24, 2.45) is 0 Å². The maximum Gasteiger partial charge on any atom is 0.302 e. The van der Waals surface area contributed by atoms with Crippen LogP contribution in [0, 0.1) is 0 Å². The molecule has 0 rings (SSSR count). The molecule has 2 heteroatoms. The molecule has 0 unspecified atom stereocenters. The SMILES string of the molecule is CCC=CC=CC=CCCCCCCCCOC(C)=O. The van der Waals surface area contributed by atoms with E-state index in [2.05, 4.69) is 43.4 Å². The highest BCUT2D eigenvalue weighted by Crippen LogP contribution is 2.07. The fourth-order valence-corrected chi connectivity index (χ4v) is 1.80. The summed E-state index contributed by atoms with van der Waals surface area (Å²) in [5.41, 5.74) is 0. The Bertz CT molecular complexity index is 301. The van der Waals surface area contributed by atoms with Crippen molar-refractivity contribution in [3.63, 3.8) is 0 Å². The Balaban J connectivity index is 3.20. The largest absolute Gasteiger partial charge is 0.466 e. The van der Waals surface area contributed by atoms with Gasteiger partial charge < -0.3 is 4.74 Å². The zero-order valence-corrected chi connectivity index (χ0v) is 13.1. The van der Waals surface area contributed by atoms with Gasteiger partial charge in [0.05, 0.1) is 6.61 Å². The van der Waals surface area contributed by atoms with Crippen molar-refractivity contribution < 1.29 is 9.53 Å². The third-order valence-corrected chi connectivity index (χ3v) is 2.91. The number of allylic oxidation sites excluding steroid dienone is 6. The normalized spacial score (nSPS) is 11.9. The van der Waals surface area contributed by atoms with Crippen LogP contribution < -0.4 is 0 Å². The van der Waals surface area contributed by atoms with E-state index >= 15 is 0 Å². The predicted octanol–water partition coefficient (Wildman–Crippen LogP) is 5.36. The summed E-state index contributed by atoms with van der Waals surface area (Å²) in [6, 6.07) is 0. The monoisotopic (exact) mass is 278 g/mol. The van der Waals surface area contributed by atoms with Gasteiger partial charge in [-0.1, -0.05) is 69.1 Å². The van der Waals surface area contributed by atoms with Gasteiger partial charge in [-0.2, -0.15) is 0 Å². The molecule has 0 aromatic heterocycles. The number of carbonyl (C=O) groups is 1. The number of esters is 1. The van der Waals surface area contributed by atoms with Crippen molar-refractivity contribution in [1.82, 2.24) is 0 Å². The molecule has 0 radical (unpaired) electrons. The van der Waals surface area contributed by atoms with Crippen LogP contribution in [-0.2, 0) is 9.53 Å². The predicted molar refractivity (Wildman–Crippen MR) is 86.7 cm³/mol. The molecule has 114 valence electrons. The van der Waals surface area contributed by atoms with Crippen LogP contribution in [0.2, 0.25) is 0 Å². The zero-order valence-electron chi connectivity index (χ0n) is 13.1. The van der Waals surface area contributed by atoms with Crippen molar-refractivity contribution in [2.45, 2.75) is 65.2 Å². The van der Waals surface area contributed by atoms with Crippen molar-refractivity contribution in [3.8, 4) is 0 Å². The lowest BCUT2D eigenvalue weighted by Crippen LogP contribution is -1.99. The first-order valence-electron chi connectivity index (χ1n) is 7.89. The number of hydrogen-bond donors (Lipinski definition) is 0. The van der Waals surface area contributed by atoms with Crippen LogP contribution in [0.1, 0.15) is 65.2 Å². The highest BCUT2D eigenvalue weighted by molar-refractivity contribution is 5.65. The lowest BCUT2D eigenvalue weighted by molar-refractivity contribution is -0.141. The number of hydrogen-bond acceptors (Lipinski definition) is 2. The molecule has 0 aliphatic heterocycles. The molecule has 20 heavy (non-hydrogen) atoms. The number of ether oxygens (including phenoxy) is 1. The van der Waals surface area contributed by atoms with Crippen LogP contribution in [0.3, 0.4) is 0 Å². The van der Waals surface area contributed by atoms with Crippen LogP contribution in [-0.4, -0.2) is 12.6 Å². The highest BCUT2D eigenvalue weighted by Gasteiger charge is 1.93. The maximum absolute atomic E-state index is 10.5. The average Bonchev–Trinajstić information content (AvgIpc) is 2.43. The Morgan fingerprint density at radius 3 is 2.10 bits per heavy atom. The molecule has 0 aliphatic rings. The van der Waals surface area contributed by atoms with E-state index in [1.165, 1.54) is 32.6 Å². The van der Waals surface area contributed by atoms with Gasteiger partial charge in [0, 0.05) is 6.92 Å². The molecular weight excluding hydrogens is 248 g/mol. The van der Waals surface area contributed by atoms with Crippen molar-refractivity contribution in [1.29, 1.82) is 0 Å². The molecule has 0 aromatic rings. The number of unbranched alkanes of at least 4 members (excludes halogenated alkanes) is 6. The molecule has 0 heterocycles. The maximum atomic E-state index is 10.5. The van der Waals surface area contributed by atoms with Gasteiger partial charge in [-0.3, -0.25) is 4.79 Å². The van der Waals surface area contributed by atoms with E-state index in [4.69, 9.17) is 4.74 Å². The molecular formula is C18H30O2. The van der Waals surface area contributed by atoms with Crippen molar-refractivity contribution in [3.05, 3.63) is 36.5 Å². The minimum atomic E-state index is -0.170. The van der Waals surface area contributed by atoms with Gasteiger partial charge >= 0.3 is 5.97 Å². The standard InChI is InChI=1S/C18H30O2/c1-3-4-5-6-7-8-9-10-11-12-13-14-15-16-17-20-18(2)19/h4-9H,3,10-17H2,1-2H3. The van der Waals surface area contributed by atoms with E-state index in [1.54, 1.807) is 0 Å². The third kappa shape index (κ3) is 16.7. The Hall–Kier alpha value is -1.31. The minimum Gasteiger partial charge on any atom is -0.466 e. The van der Waals surface area contributed by atoms with Gasteiger partial charge in [-0.05, 0) is 25.7 Å². The van der Waals surface area contributed by atoms with E-state index in [-0.39, 0.29) is 5.97 Å². The van der Waals surface area contributed by atoms with Crippen LogP contribution in [0.15, 0.2) is 36.5 Å². The molecule has 0 amide bonds. The molecule has 0 spiro atoms. The van der Waals surface area contributed by atoms with Crippen LogP contribution in [0.25, 0.3) is 0 Å². The molecule has 0 atom stereocenters. The quantitative estimate of drug-likeness (QED) is 0.273. The molecule has 0 fully saturated rings. The van der Waals surface area contributed by atoms with Crippen molar-refractivity contribution >= 4 is 5.97 Å². The second-order valence-electron chi connectivity index (χ2n) is 4.90. The summed E-state index contributed by atoms with van der Waals surface area (Å²) in [5, 5.41) is 0. The van der Waals surface area contributed by atoms with Crippen LogP contribution in [0.4, 0.5) is 0 Å². The summed E-state index contributed by atoms with van der Waals surface area (Å²) in [6.45, 7) is 4.18. The molecule has 0 N–H and O–H groups in total. The second kappa shape index (κ2) is 15.7. The summed E-state index contributed by atoms with van der Waals surface area (Å²) in [7, 11) is 0. The minimum absolute atomic E-state index is 0.170. The van der Waals surface area contributed by atoms with Gasteiger partial charge in [0.25, 0.3) is 0 Å². The Morgan fingerprint density at radius 2 is 1.45 bits per heavy atom. The van der Waals surface area contributed by atoms with Crippen LogP contribution >= 0.6 is 0 Å². The Morgan fingerprint density at radius 1 is 0.850 bits per heavy atom. The van der Waals surface area contributed by atoms with Gasteiger partial charge in [0.1, 0.15) is 0 Å². The molecule has 0 bridgehead atoms. The topological polar surface area (TPSA) is 26.3 Å². The van der Waals surface area contributed by atoms with Gasteiger partial charge in [0.2, 0.25) is 0 Å². The van der Waals surface area contributed by atoms with Gasteiger partial charge in [-0.15, -0.1) is 0 Å². The first-order valence-corrected chi connectivity index (χ1v) is 7.89. The summed E-state index contributed by atoms with van der Waals surface area (Å²) >= 11 is 0. The summed E-state index contributed by atoms with van der Waals surface area (Å²) in [6.07, 6.45) is 22.2. The molecule has 0 saturated heterocycles. The van der Waals surface area contributed by atoms with E-state index in [0.717, 1.165) is 25.7 Å². The molecule has 0 aromatic carbocycles. The number of rotatable bonds is 12. The van der Waals surface area contributed by atoms with Crippen molar-refractivity contribution in [2.75, 3.05) is 6.61 Å². The first-order chi connectivity index (χ1) is 9.77. The second-order valence-corrected chi connectivity index (χ2v) is 4.90. The zero-order chi connectivity index (χ0) is 14.9. The van der Waals surface area contributed by atoms with E-state index in [0.29, 0.717) is 6.61 Å². The average molecular weight is 278 g/mol. The summed E-state index contributed by atoms with van der Waals surface area (Å²) in [4.78, 5) is 10.5. The third-order valence-electron chi connectivity index (χ3n) is 2.91. The fraction of sp³-hybridized carbons (Fsp3) is 0.611. The highest BCUT2D eigenvalue weighted by atomic mass is 16.5. The van der Waals surface area contributed by atoms with Crippen LogP contribution in [0.5, 0.6) is 0 Å². The lowest BCUT2D eigenvalue weighted by atomic mass is 10.1. The fourth-order valence-electron chi connectivity index (χ4n) is 1.80. The van der Waals surface area contributed by atoms with E-state index in [1.807, 2.05) is 0 Å². The lowest BCUT2D eigenvalue weighted by Gasteiger charge is -2.01. The van der Waals surface area contributed by atoms with E-state index < -0.39 is 0 Å². The summed E-state index contributed by atoms with van der Waals surface area (Å²) < 4.78 is 4.89. The number of carbonyl (C=O) groups excluding carboxylic acids is 1. The molecule has 0 saturated carbocycles. The Kier molecular flexibility index (Phi) is 14.7. The first kappa shape index (κ1) is 18.7. The summed E-state index contributed by atoms with van der Waals surface area (Å²) in [5.74, 6) is -0.170.